The summed E-state index contributed by atoms with van der Waals surface area (Å²) in [6, 6.07) is 7.09. The molecule has 23 heavy (non-hydrogen) atoms. The predicted octanol–water partition coefficient (Wildman–Crippen LogP) is 4.37. The lowest BCUT2D eigenvalue weighted by Gasteiger charge is -2.42. The number of carbonyl (C=O) groups is 2. The van der Waals surface area contributed by atoms with E-state index in [9.17, 15) is 9.59 Å². The minimum Gasteiger partial charge on any atom is -0.443 e. The van der Waals surface area contributed by atoms with Crippen LogP contribution in [0.4, 0.5) is 4.79 Å². The normalized spacial score (nSPS) is 21.1. The lowest BCUT2D eigenvalue weighted by Crippen LogP contribution is -2.54. The number of amides is 2. The largest absolute Gasteiger partial charge is 0.443 e. The molecule has 1 heterocycles. The van der Waals surface area contributed by atoms with Crippen LogP contribution in [0.3, 0.4) is 0 Å². The van der Waals surface area contributed by atoms with Crippen LogP contribution in [0, 0.1) is 5.92 Å². The van der Waals surface area contributed by atoms with E-state index in [1.54, 1.807) is 32.9 Å². The number of imide groups is 1. The predicted molar refractivity (Wildman–Crippen MR) is 90.4 cm³/mol. The molecule has 0 radical (unpaired) electrons. The summed E-state index contributed by atoms with van der Waals surface area (Å²) in [5.41, 5.74) is 0.811. The van der Waals surface area contributed by atoms with Gasteiger partial charge in [0.2, 0.25) is 0 Å². The molecule has 0 aliphatic carbocycles. The van der Waals surface area contributed by atoms with Crippen molar-refractivity contribution in [3.8, 4) is 0 Å². The van der Waals surface area contributed by atoms with E-state index >= 15 is 0 Å². The number of hydrogen-bond acceptors (Lipinski definition) is 3. The summed E-state index contributed by atoms with van der Waals surface area (Å²) >= 11 is 0. The van der Waals surface area contributed by atoms with Crippen molar-refractivity contribution in [1.82, 2.24) is 4.90 Å². The highest BCUT2D eigenvalue weighted by molar-refractivity contribution is 6.05. The van der Waals surface area contributed by atoms with Crippen molar-refractivity contribution >= 4 is 12.0 Å². The fourth-order valence-electron chi connectivity index (χ4n) is 3.09. The van der Waals surface area contributed by atoms with E-state index < -0.39 is 11.7 Å². The number of benzene rings is 1. The third kappa shape index (κ3) is 3.31. The highest BCUT2D eigenvalue weighted by Crippen LogP contribution is 2.38. The summed E-state index contributed by atoms with van der Waals surface area (Å²) in [5.74, 6) is -0.314. The maximum Gasteiger partial charge on any atom is 0.417 e. The van der Waals surface area contributed by atoms with Crippen LogP contribution in [0.15, 0.2) is 36.9 Å². The first-order valence-corrected chi connectivity index (χ1v) is 7.95. The third-order valence-corrected chi connectivity index (χ3v) is 3.96. The van der Waals surface area contributed by atoms with Crippen LogP contribution in [-0.4, -0.2) is 28.5 Å². The van der Waals surface area contributed by atoms with Crippen LogP contribution in [-0.2, 0) is 4.74 Å². The Morgan fingerprint density at radius 3 is 2.43 bits per heavy atom. The summed E-state index contributed by atoms with van der Waals surface area (Å²) < 4.78 is 5.47. The number of ether oxygens (including phenoxy) is 1. The number of hydrogen-bond donors (Lipinski definition) is 0. The molecular formula is C19H25NO3. The number of rotatable bonds is 2. The third-order valence-electron chi connectivity index (χ3n) is 3.96. The fourth-order valence-corrected chi connectivity index (χ4v) is 3.09. The second-order valence-corrected chi connectivity index (χ2v) is 7.24. The van der Waals surface area contributed by atoms with Crippen molar-refractivity contribution in [2.75, 3.05) is 0 Å². The second kappa shape index (κ2) is 6.19. The highest BCUT2D eigenvalue weighted by atomic mass is 16.6. The van der Waals surface area contributed by atoms with Crippen molar-refractivity contribution in [3.63, 3.8) is 0 Å². The maximum atomic E-state index is 12.9. The summed E-state index contributed by atoms with van der Waals surface area (Å²) in [5, 5.41) is 0. The van der Waals surface area contributed by atoms with Gasteiger partial charge in [-0.15, -0.1) is 6.58 Å². The van der Waals surface area contributed by atoms with Gasteiger partial charge >= 0.3 is 6.09 Å². The Hall–Kier alpha value is -2.10. The van der Waals surface area contributed by atoms with Gasteiger partial charge in [-0.05, 0) is 38.3 Å². The molecule has 2 amide bonds. The molecular weight excluding hydrogens is 290 g/mol. The topological polar surface area (TPSA) is 46.6 Å². The van der Waals surface area contributed by atoms with E-state index in [4.69, 9.17) is 4.74 Å². The van der Waals surface area contributed by atoms with Crippen LogP contribution in [0.25, 0.3) is 0 Å². The lowest BCUT2D eigenvalue weighted by molar-refractivity contribution is 0.00888. The van der Waals surface area contributed by atoms with Crippen LogP contribution in [0.5, 0.6) is 0 Å². The Kier molecular flexibility index (Phi) is 4.64. The van der Waals surface area contributed by atoms with Crippen LogP contribution in [0.2, 0.25) is 0 Å². The fraction of sp³-hybridized carbons (Fsp3) is 0.474. The van der Waals surface area contributed by atoms with Crippen LogP contribution < -0.4 is 0 Å². The standard InChI is InChI=1S/C19H25NO3/c1-7-13-14-10-8-9-11-15(14)17(21)20(16(13)12(2)3)18(22)23-19(4,5)6/h7-13,16H,1H2,2-6H3/t13-,16+/m1/s1. The molecule has 0 saturated heterocycles. The van der Waals surface area contributed by atoms with Gasteiger partial charge in [0, 0.05) is 11.5 Å². The Balaban J connectivity index is 2.54. The van der Waals surface area contributed by atoms with E-state index in [2.05, 4.69) is 6.58 Å². The molecule has 0 unspecified atom stereocenters. The van der Waals surface area contributed by atoms with Gasteiger partial charge in [-0.3, -0.25) is 4.79 Å². The molecule has 2 atom stereocenters. The van der Waals surface area contributed by atoms with Crippen molar-refractivity contribution < 1.29 is 14.3 Å². The van der Waals surface area contributed by atoms with E-state index in [-0.39, 0.29) is 23.8 Å². The molecule has 1 aliphatic rings. The average Bonchev–Trinajstić information content (AvgIpc) is 2.45. The van der Waals surface area contributed by atoms with E-state index in [0.29, 0.717) is 5.56 Å². The van der Waals surface area contributed by atoms with Gasteiger partial charge in [0.25, 0.3) is 5.91 Å². The monoisotopic (exact) mass is 315 g/mol. The molecule has 0 aromatic heterocycles. The molecule has 4 heteroatoms. The minimum atomic E-state index is -0.653. The molecule has 0 N–H and O–H groups in total. The zero-order chi connectivity index (χ0) is 17.4. The molecule has 0 spiro atoms. The average molecular weight is 315 g/mol. The summed E-state index contributed by atoms with van der Waals surface area (Å²) in [4.78, 5) is 26.8. The second-order valence-electron chi connectivity index (χ2n) is 7.24. The molecule has 4 nitrogen and oxygen atoms in total. The molecule has 0 fully saturated rings. The lowest BCUT2D eigenvalue weighted by atomic mass is 9.78. The van der Waals surface area contributed by atoms with Crippen molar-refractivity contribution in [2.45, 2.75) is 52.2 Å². The zero-order valence-corrected chi connectivity index (χ0v) is 14.5. The van der Waals surface area contributed by atoms with Crippen LogP contribution in [0.1, 0.15) is 56.5 Å². The smallest absolute Gasteiger partial charge is 0.417 e. The highest BCUT2D eigenvalue weighted by Gasteiger charge is 2.44. The zero-order valence-electron chi connectivity index (χ0n) is 14.5. The SMILES string of the molecule is C=C[C@@H]1c2ccccc2C(=O)N(C(=O)OC(C)(C)C)[C@H]1C(C)C. The van der Waals surface area contributed by atoms with Gasteiger partial charge in [0.15, 0.2) is 0 Å². The first kappa shape index (κ1) is 17.3. The first-order valence-electron chi connectivity index (χ1n) is 7.95. The molecule has 1 aromatic carbocycles. The molecule has 1 aromatic rings. The summed E-state index contributed by atoms with van der Waals surface area (Å²) in [6.07, 6.45) is 1.22. The quantitative estimate of drug-likeness (QED) is 0.761. The number of carbonyl (C=O) groups excluding carboxylic acids is 2. The summed E-state index contributed by atoms with van der Waals surface area (Å²) in [6.45, 7) is 13.3. The molecule has 0 bridgehead atoms. The van der Waals surface area contributed by atoms with Gasteiger partial charge < -0.3 is 4.74 Å². The van der Waals surface area contributed by atoms with E-state index in [0.717, 1.165) is 5.56 Å². The Morgan fingerprint density at radius 2 is 1.91 bits per heavy atom. The van der Waals surface area contributed by atoms with Crippen molar-refractivity contribution in [1.29, 1.82) is 0 Å². The van der Waals surface area contributed by atoms with Gasteiger partial charge in [0.05, 0.1) is 6.04 Å². The first-order chi connectivity index (χ1) is 10.7. The Labute approximate surface area is 138 Å². The van der Waals surface area contributed by atoms with E-state index in [1.807, 2.05) is 32.1 Å². The molecule has 124 valence electrons. The molecule has 0 saturated carbocycles. The van der Waals surface area contributed by atoms with E-state index in [1.165, 1.54) is 4.90 Å². The van der Waals surface area contributed by atoms with Crippen LogP contribution >= 0.6 is 0 Å². The number of nitrogens with zero attached hydrogens (tertiary/aromatic N) is 1. The molecule has 1 aliphatic heterocycles. The Bertz CT molecular complexity index is 628. The van der Waals surface area contributed by atoms with Gasteiger partial charge in [0.1, 0.15) is 5.60 Å². The Morgan fingerprint density at radius 1 is 1.30 bits per heavy atom. The van der Waals surface area contributed by atoms with Crippen molar-refractivity contribution in [3.05, 3.63) is 48.0 Å². The minimum absolute atomic E-state index is 0.0859. The number of fused-ring (bicyclic) bond motifs is 1. The van der Waals surface area contributed by atoms with Gasteiger partial charge in [-0.2, -0.15) is 0 Å². The summed E-state index contributed by atoms with van der Waals surface area (Å²) in [7, 11) is 0. The molecule has 2 rings (SSSR count). The van der Waals surface area contributed by atoms with Gasteiger partial charge in [-0.25, -0.2) is 9.69 Å². The van der Waals surface area contributed by atoms with Crippen molar-refractivity contribution in [2.24, 2.45) is 5.92 Å². The van der Waals surface area contributed by atoms with Gasteiger partial charge in [-0.1, -0.05) is 38.1 Å². The maximum absolute atomic E-state index is 12.9.